The van der Waals surface area contributed by atoms with Crippen molar-refractivity contribution in [1.29, 1.82) is 0 Å². The average molecular weight is 617 g/mol. The molecule has 4 saturated carbocycles. The summed E-state index contributed by atoms with van der Waals surface area (Å²) in [5.41, 5.74) is -1.53. The summed E-state index contributed by atoms with van der Waals surface area (Å²) in [5, 5.41) is 7.39. The van der Waals surface area contributed by atoms with Crippen LogP contribution in [0.3, 0.4) is 0 Å². The van der Waals surface area contributed by atoms with Crippen LogP contribution in [0.4, 0.5) is 19.3 Å². The van der Waals surface area contributed by atoms with Gasteiger partial charge in [0.05, 0.1) is 12.2 Å². The quantitative estimate of drug-likeness (QED) is 0.354. The monoisotopic (exact) mass is 616 g/mol. The van der Waals surface area contributed by atoms with Crippen molar-refractivity contribution < 1.29 is 28.0 Å². The van der Waals surface area contributed by atoms with Crippen LogP contribution in [0.25, 0.3) is 0 Å². The number of rotatable bonds is 11. The standard InChI is InChI=1S/C25H34F2N6O4.C7H12/c1-31-9-11-33(12-10-31)22(35)20(30-24(37)32(2)17-4-5-17)14-16-3-6-19(18(26)13-16)29-21(34)15-28-23(36)25(27)7-8-25;1-2-6(1)5-7-3-4-7/h3,6,13,17,20H,4-5,7-12,14-15H2,1-2H3,(H,28,36)(H,29,34)(H,30,37);6-7H,1-5H2. The Morgan fingerprint density at radius 1 is 1.00 bits per heavy atom. The van der Waals surface area contributed by atoms with Crippen LogP contribution in [0.1, 0.15) is 63.4 Å². The lowest BCUT2D eigenvalue weighted by Crippen LogP contribution is -2.56. The average Bonchev–Trinajstić information content (AvgIpc) is 3.80. The number of carbonyl (C=O) groups excluding carboxylic acids is 4. The number of piperazine rings is 1. The number of halogens is 2. The Kier molecular flexibility index (Phi) is 10.1. The fourth-order valence-corrected chi connectivity index (χ4v) is 5.38. The molecule has 1 saturated heterocycles. The van der Waals surface area contributed by atoms with Gasteiger partial charge < -0.3 is 30.7 Å². The normalized spacial score (nSPS) is 21.3. The van der Waals surface area contributed by atoms with E-state index < -0.39 is 35.9 Å². The largest absolute Gasteiger partial charge is 0.344 e. The topological polar surface area (TPSA) is 114 Å². The maximum atomic E-state index is 14.8. The molecule has 5 fully saturated rings. The second kappa shape index (κ2) is 13.8. The molecule has 242 valence electrons. The molecule has 0 spiro atoms. The first-order chi connectivity index (χ1) is 21.0. The van der Waals surface area contributed by atoms with Crippen LogP contribution in [0.15, 0.2) is 18.2 Å². The van der Waals surface area contributed by atoms with Crippen molar-refractivity contribution in [1.82, 2.24) is 25.3 Å². The highest BCUT2D eigenvalue weighted by Crippen LogP contribution is 2.44. The summed E-state index contributed by atoms with van der Waals surface area (Å²) in [7, 11) is 3.68. The van der Waals surface area contributed by atoms with E-state index in [1.54, 1.807) is 55.0 Å². The molecule has 0 aromatic heterocycles. The van der Waals surface area contributed by atoms with E-state index in [1.807, 2.05) is 7.05 Å². The van der Waals surface area contributed by atoms with Gasteiger partial charge in [0.25, 0.3) is 5.91 Å². The summed E-state index contributed by atoms with van der Waals surface area (Å²) in [6.07, 6.45) is 9.99. The Labute approximate surface area is 258 Å². The molecule has 0 bridgehead atoms. The molecular formula is C32H46F2N6O4. The van der Waals surface area contributed by atoms with E-state index in [4.69, 9.17) is 0 Å². The van der Waals surface area contributed by atoms with Crippen LogP contribution in [-0.2, 0) is 20.8 Å². The van der Waals surface area contributed by atoms with E-state index in [2.05, 4.69) is 20.9 Å². The minimum atomic E-state index is -1.89. The predicted molar refractivity (Wildman–Crippen MR) is 162 cm³/mol. The zero-order valence-corrected chi connectivity index (χ0v) is 25.9. The molecule has 1 unspecified atom stereocenters. The summed E-state index contributed by atoms with van der Waals surface area (Å²) < 4.78 is 28.5. The number of nitrogens with zero attached hydrogens (tertiary/aromatic N) is 3. The summed E-state index contributed by atoms with van der Waals surface area (Å²) in [5.74, 6) is -0.110. The molecule has 4 aliphatic carbocycles. The Hall–Kier alpha value is -3.28. The minimum Gasteiger partial charge on any atom is -0.344 e. The first-order valence-electron chi connectivity index (χ1n) is 16.1. The van der Waals surface area contributed by atoms with E-state index in [0.717, 1.165) is 25.9 Å². The van der Waals surface area contributed by atoms with Crippen molar-refractivity contribution in [3.05, 3.63) is 29.6 Å². The molecule has 10 nitrogen and oxygen atoms in total. The van der Waals surface area contributed by atoms with Crippen molar-refractivity contribution in [3.8, 4) is 0 Å². The van der Waals surface area contributed by atoms with E-state index in [1.165, 1.54) is 24.0 Å². The molecule has 1 aromatic rings. The highest BCUT2D eigenvalue weighted by Gasteiger charge is 2.50. The molecule has 0 radical (unpaired) electrons. The van der Waals surface area contributed by atoms with Gasteiger partial charge in [-0.05, 0) is 68.7 Å². The van der Waals surface area contributed by atoms with Gasteiger partial charge in [-0.15, -0.1) is 0 Å². The molecular weight excluding hydrogens is 570 g/mol. The van der Waals surface area contributed by atoms with Crippen LogP contribution in [0.5, 0.6) is 0 Å². The number of amides is 5. The van der Waals surface area contributed by atoms with Crippen LogP contribution >= 0.6 is 0 Å². The van der Waals surface area contributed by atoms with Gasteiger partial charge in [0.1, 0.15) is 11.9 Å². The Bertz CT molecular complexity index is 1210. The lowest BCUT2D eigenvalue weighted by molar-refractivity contribution is -0.134. The van der Waals surface area contributed by atoms with E-state index in [-0.39, 0.29) is 42.9 Å². The Morgan fingerprint density at radius 2 is 1.64 bits per heavy atom. The fraction of sp³-hybridized carbons (Fsp3) is 0.688. The van der Waals surface area contributed by atoms with Crippen molar-refractivity contribution >= 4 is 29.4 Å². The second-order valence-electron chi connectivity index (χ2n) is 13.3. The van der Waals surface area contributed by atoms with Crippen LogP contribution < -0.4 is 16.0 Å². The van der Waals surface area contributed by atoms with Gasteiger partial charge in [-0.3, -0.25) is 14.4 Å². The summed E-state index contributed by atoms with van der Waals surface area (Å²) in [4.78, 5) is 55.2. The number of hydrogen-bond donors (Lipinski definition) is 3. The molecule has 1 aliphatic heterocycles. The number of benzene rings is 1. The SMILES string of the molecule is C1CC1CC1CC1.CN1CCN(C(=O)C(Cc2ccc(NC(=O)CNC(=O)C3(F)CC3)c(F)c2)NC(=O)N(C)C2CC2)CC1. The maximum Gasteiger partial charge on any atom is 0.318 e. The van der Waals surface area contributed by atoms with Crippen molar-refractivity contribution in [2.24, 2.45) is 11.8 Å². The van der Waals surface area contributed by atoms with Crippen LogP contribution in [-0.4, -0.2) is 103 Å². The highest BCUT2D eigenvalue weighted by molar-refractivity contribution is 5.96. The van der Waals surface area contributed by atoms with Gasteiger partial charge in [-0.1, -0.05) is 31.7 Å². The zero-order chi connectivity index (χ0) is 31.4. The third kappa shape index (κ3) is 9.36. The highest BCUT2D eigenvalue weighted by atomic mass is 19.1. The van der Waals surface area contributed by atoms with Crippen molar-refractivity contribution in [3.63, 3.8) is 0 Å². The molecule has 12 heteroatoms. The van der Waals surface area contributed by atoms with Crippen molar-refractivity contribution in [2.75, 3.05) is 52.1 Å². The first-order valence-corrected chi connectivity index (χ1v) is 16.1. The van der Waals surface area contributed by atoms with Crippen LogP contribution in [0, 0.1) is 17.7 Å². The van der Waals surface area contributed by atoms with Gasteiger partial charge in [0.15, 0.2) is 5.67 Å². The minimum absolute atomic E-state index is 0.0786. The Morgan fingerprint density at radius 3 is 2.18 bits per heavy atom. The fourth-order valence-electron chi connectivity index (χ4n) is 5.38. The summed E-state index contributed by atoms with van der Waals surface area (Å²) in [6, 6.07) is 3.08. The Balaban J connectivity index is 0.000000474. The molecule has 6 rings (SSSR count). The summed E-state index contributed by atoms with van der Waals surface area (Å²) in [6.45, 7) is 2.06. The molecule has 5 amide bonds. The number of urea groups is 1. The predicted octanol–water partition coefficient (Wildman–Crippen LogP) is 3.07. The number of carbonyl (C=O) groups is 4. The summed E-state index contributed by atoms with van der Waals surface area (Å²) >= 11 is 0. The van der Waals surface area contributed by atoms with E-state index in [0.29, 0.717) is 18.7 Å². The lowest BCUT2D eigenvalue weighted by Gasteiger charge is -2.35. The van der Waals surface area contributed by atoms with E-state index >= 15 is 0 Å². The molecule has 1 atom stereocenters. The molecule has 1 aromatic carbocycles. The van der Waals surface area contributed by atoms with Gasteiger partial charge in [0.2, 0.25) is 11.8 Å². The zero-order valence-electron chi connectivity index (χ0n) is 25.9. The second-order valence-corrected chi connectivity index (χ2v) is 13.3. The maximum absolute atomic E-state index is 14.8. The van der Waals surface area contributed by atoms with Gasteiger partial charge in [-0.2, -0.15) is 0 Å². The lowest BCUT2D eigenvalue weighted by atomic mass is 10.0. The number of alkyl halides is 1. The first kappa shape index (κ1) is 32.1. The van der Waals surface area contributed by atoms with Gasteiger partial charge in [0, 0.05) is 45.7 Å². The van der Waals surface area contributed by atoms with E-state index in [9.17, 15) is 28.0 Å². The molecule has 1 heterocycles. The molecule has 3 N–H and O–H groups in total. The van der Waals surface area contributed by atoms with Crippen LogP contribution in [0.2, 0.25) is 0 Å². The van der Waals surface area contributed by atoms with Crippen molar-refractivity contribution in [2.45, 2.75) is 82.0 Å². The number of nitrogens with one attached hydrogen (secondary N) is 3. The van der Waals surface area contributed by atoms with Gasteiger partial charge in [-0.25, -0.2) is 13.6 Å². The number of likely N-dealkylation sites (N-methyl/N-ethyl adjacent to an activating group) is 1. The van der Waals surface area contributed by atoms with Gasteiger partial charge >= 0.3 is 6.03 Å². The molecule has 5 aliphatic rings. The number of anilines is 1. The third-order valence-electron chi connectivity index (χ3n) is 9.14. The smallest absolute Gasteiger partial charge is 0.318 e. The molecule has 44 heavy (non-hydrogen) atoms. The number of hydrogen-bond acceptors (Lipinski definition) is 5. The third-order valence-corrected chi connectivity index (χ3v) is 9.14.